The fourth-order valence-electron chi connectivity index (χ4n) is 4.12. The summed E-state index contributed by atoms with van der Waals surface area (Å²) in [6, 6.07) is 19.7. The van der Waals surface area contributed by atoms with Crippen molar-refractivity contribution in [2.24, 2.45) is 0 Å². The molecule has 0 saturated carbocycles. The van der Waals surface area contributed by atoms with Crippen molar-refractivity contribution in [1.82, 2.24) is 4.90 Å². The molecule has 36 heavy (non-hydrogen) atoms. The second-order valence-electron chi connectivity index (χ2n) is 8.39. The van der Waals surface area contributed by atoms with Crippen LogP contribution in [0.2, 0.25) is 0 Å². The lowest BCUT2D eigenvalue weighted by molar-refractivity contribution is -0.181. The Hall–Kier alpha value is -3.30. The lowest BCUT2D eigenvalue weighted by atomic mass is 10.0. The van der Waals surface area contributed by atoms with Gasteiger partial charge in [0.1, 0.15) is 5.76 Å². The average molecular weight is 507 g/mol. The van der Waals surface area contributed by atoms with E-state index in [0.29, 0.717) is 25.2 Å². The second kappa shape index (κ2) is 10.4. The molecule has 0 radical (unpaired) electrons. The Bertz CT molecular complexity index is 1150. The number of hydrogen-bond donors (Lipinski definition) is 0. The van der Waals surface area contributed by atoms with Gasteiger partial charge in [-0.1, -0.05) is 67.2 Å². The Morgan fingerprint density at radius 3 is 1.97 bits per heavy atom. The van der Waals surface area contributed by atoms with Crippen LogP contribution in [-0.2, 0) is 28.4 Å². The molecular weight excluding hydrogens is 484 g/mol. The fraction of sp³-hybridized carbons (Fsp3) is 0.259. The van der Waals surface area contributed by atoms with Crippen LogP contribution in [0, 0.1) is 0 Å². The third-order valence-corrected chi connectivity index (χ3v) is 5.85. The molecular formula is C27H23F6NO2. The largest absolute Gasteiger partial charge is 0.463 e. The van der Waals surface area contributed by atoms with Crippen LogP contribution in [0.4, 0.5) is 26.3 Å². The van der Waals surface area contributed by atoms with Crippen LogP contribution in [0.25, 0.3) is 5.76 Å². The smallest absolute Gasteiger partial charge is 0.416 e. The summed E-state index contributed by atoms with van der Waals surface area (Å²) in [5.41, 5.74) is -1.44. The van der Waals surface area contributed by atoms with E-state index in [2.05, 4.69) is 11.5 Å². The SMILES string of the molecule is C=C(O[C@H]1OCCN(Cc2ccccc2)[C@H]1c1ccccc1)c1cc(C(F)(F)F)cc(C(F)(F)F)c1. The van der Waals surface area contributed by atoms with Crippen molar-refractivity contribution in [2.75, 3.05) is 13.2 Å². The zero-order chi connectivity index (χ0) is 25.9. The van der Waals surface area contributed by atoms with Gasteiger partial charge in [0.15, 0.2) is 0 Å². The molecule has 3 aromatic carbocycles. The summed E-state index contributed by atoms with van der Waals surface area (Å²) >= 11 is 0. The highest BCUT2D eigenvalue weighted by molar-refractivity contribution is 5.60. The summed E-state index contributed by atoms with van der Waals surface area (Å²) in [7, 11) is 0. The van der Waals surface area contributed by atoms with Crippen molar-refractivity contribution < 1.29 is 35.8 Å². The van der Waals surface area contributed by atoms with Crippen LogP contribution < -0.4 is 0 Å². The van der Waals surface area contributed by atoms with E-state index in [1.54, 1.807) is 0 Å². The van der Waals surface area contributed by atoms with E-state index in [4.69, 9.17) is 9.47 Å². The first-order valence-corrected chi connectivity index (χ1v) is 11.1. The van der Waals surface area contributed by atoms with Crippen LogP contribution in [0.15, 0.2) is 85.4 Å². The predicted octanol–water partition coefficient (Wildman–Crippen LogP) is 7.31. The van der Waals surface area contributed by atoms with Gasteiger partial charge in [0, 0.05) is 18.7 Å². The summed E-state index contributed by atoms with van der Waals surface area (Å²) in [6.45, 7) is 4.99. The zero-order valence-corrected chi connectivity index (χ0v) is 19.0. The third kappa shape index (κ3) is 6.09. The van der Waals surface area contributed by atoms with Gasteiger partial charge in [-0.25, -0.2) is 0 Å². The topological polar surface area (TPSA) is 21.7 Å². The van der Waals surface area contributed by atoms with Gasteiger partial charge in [-0.05, 0) is 29.3 Å². The van der Waals surface area contributed by atoms with Crippen LogP contribution in [0.3, 0.4) is 0 Å². The van der Waals surface area contributed by atoms with Gasteiger partial charge < -0.3 is 9.47 Å². The molecule has 1 heterocycles. The van der Waals surface area contributed by atoms with E-state index in [0.717, 1.165) is 11.1 Å². The molecule has 4 rings (SSSR count). The van der Waals surface area contributed by atoms with Gasteiger partial charge in [-0.3, -0.25) is 4.90 Å². The number of benzene rings is 3. The average Bonchev–Trinajstić information content (AvgIpc) is 2.84. The first-order chi connectivity index (χ1) is 17.0. The van der Waals surface area contributed by atoms with Crippen molar-refractivity contribution in [1.29, 1.82) is 0 Å². The molecule has 1 saturated heterocycles. The number of halogens is 6. The van der Waals surface area contributed by atoms with Crippen LogP contribution >= 0.6 is 0 Å². The number of nitrogens with zero attached hydrogens (tertiary/aromatic N) is 1. The maximum atomic E-state index is 13.3. The minimum absolute atomic E-state index is 0.0717. The number of hydrogen-bond acceptors (Lipinski definition) is 3. The zero-order valence-electron chi connectivity index (χ0n) is 19.0. The first-order valence-electron chi connectivity index (χ1n) is 11.1. The highest BCUT2D eigenvalue weighted by Gasteiger charge is 2.39. The maximum Gasteiger partial charge on any atom is 0.416 e. The molecule has 1 aliphatic rings. The maximum absolute atomic E-state index is 13.3. The Kier molecular flexibility index (Phi) is 7.42. The third-order valence-electron chi connectivity index (χ3n) is 5.85. The molecule has 9 heteroatoms. The summed E-state index contributed by atoms with van der Waals surface area (Å²) in [5, 5.41) is 0. The molecule has 1 aliphatic heterocycles. The minimum Gasteiger partial charge on any atom is -0.463 e. The summed E-state index contributed by atoms with van der Waals surface area (Å²) in [6.07, 6.45) is -11.0. The second-order valence-corrected chi connectivity index (χ2v) is 8.39. The van der Waals surface area contributed by atoms with Gasteiger partial charge >= 0.3 is 12.4 Å². The monoisotopic (exact) mass is 507 g/mol. The van der Waals surface area contributed by atoms with E-state index >= 15 is 0 Å². The van der Waals surface area contributed by atoms with Crippen molar-refractivity contribution >= 4 is 5.76 Å². The Morgan fingerprint density at radius 1 is 0.861 bits per heavy atom. The van der Waals surface area contributed by atoms with Gasteiger partial charge in [0.05, 0.1) is 23.8 Å². The molecule has 0 N–H and O–H groups in total. The van der Waals surface area contributed by atoms with Crippen LogP contribution in [0.1, 0.15) is 33.9 Å². The van der Waals surface area contributed by atoms with Gasteiger partial charge in [0.2, 0.25) is 6.29 Å². The molecule has 3 nitrogen and oxygen atoms in total. The Labute approximate surface area is 204 Å². The normalized spacial score (nSPS) is 19.2. The van der Waals surface area contributed by atoms with Crippen LogP contribution in [-0.4, -0.2) is 24.3 Å². The van der Waals surface area contributed by atoms with Crippen molar-refractivity contribution in [3.05, 3.63) is 113 Å². The van der Waals surface area contributed by atoms with E-state index in [9.17, 15) is 26.3 Å². The highest BCUT2D eigenvalue weighted by atomic mass is 19.4. The number of alkyl halides is 6. The molecule has 190 valence electrons. The molecule has 1 fully saturated rings. The lowest BCUT2D eigenvalue weighted by Gasteiger charge is -2.41. The molecule has 0 spiro atoms. The molecule has 0 aliphatic carbocycles. The molecule has 0 unspecified atom stereocenters. The molecule has 2 atom stereocenters. The lowest BCUT2D eigenvalue weighted by Crippen LogP contribution is -2.45. The van der Waals surface area contributed by atoms with Gasteiger partial charge in [0.25, 0.3) is 0 Å². The van der Waals surface area contributed by atoms with Crippen molar-refractivity contribution in [3.8, 4) is 0 Å². The van der Waals surface area contributed by atoms with E-state index < -0.39 is 41.4 Å². The van der Waals surface area contributed by atoms with E-state index in [1.165, 1.54) is 0 Å². The number of morpholine rings is 1. The molecule has 0 bridgehead atoms. The predicted molar refractivity (Wildman–Crippen MR) is 122 cm³/mol. The van der Waals surface area contributed by atoms with Gasteiger partial charge in [-0.15, -0.1) is 0 Å². The Balaban J connectivity index is 1.65. The molecule has 0 amide bonds. The standard InChI is InChI=1S/C27H23F6NO2/c1-18(21-14-22(26(28,29)30)16-23(15-21)27(31,32)33)36-25-24(20-10-6-3-7-11-20)34(12-13-35-25)17-19-8-4-2-5-9-19/h2-11,14-16,24-25H,1,12-13,17H2/t24-,25+/m0/s1. The summed E-state index contributed by atoms with van der Waals surface area (Å²) in [4.78, 5) is 2.10. The van der Waals surface area contributed by atoms with Crippen molar-refractivity contribution in [3.63, 3.8) is 0 Å². The highest BCUT2D eigenvalue weighted by Crippen LogP contribution is 2.39. The van der Waals surface area contributed by atoms with Crippen molar-refractivity contribution in [2.45, 2.75) is 31.2 Å². The quantitative estimate of drug-likeness (QED) is 0.258. The fourth-order valence-corrected chi connectivity index (χ4v) is 4.12. The minimum atomic E-state index is -4.98. The molecule has 3 aromatic rings. The number of ether oxygens (including phenoxy) is 2. The van der Waals surface area contributed by atoms with E-state index in [1.807, 2.05) is 60.7 Å². The Morgan fingerprint density at radius 2 is 1.42 bits per heavy atom. The first kappa shape index (κ1) is 25.8. The van der Waals surface area contributed by atoms with Gasteiger partial charge in [-0.2, -0.15) is 26.3 Å². The number of rotatable bonds is 6. The van der Waals surface area contributed by atoms with Crippen LogP contribution in [0.5, 0.6) is 0 Å². The van der Waals surface area contributed by atoms with E-state index in [-0.39, 0.29) is 18.4 Å². The molecule has 0 aromatic heterocycles. The summed E-state index contributed by atoms with van der Waals surface area (Å²) in [5.74, 6) is -0.348. The summed E-state index contributed by atoms with van der Waals surface area (Å²) < 4.78 is 91.7.